The SMILES string of the molecule is O=C(NCC1CCCO1)c1cncc(C(=O)Nc2cc(Cl)ccc2Cl)c1. The Bertz CT molecular complexity index is 823. The molecule has 2 heterocycles. The van der Waals surface area contributed by atoms with Gasteiger partial charge in [-0.15, -0.1) is 0 Å². The highest BCUT2D eigenvalue weighted by atomic mass is 35.5. The second-order valence-corrected chi connectivity index (χ2v) is 6.73. The van der Waals surface area contributed by atoms with Crippen molar-refractivity contribution in [2.45, 2.75) is 18.9 Å². The van der Waals surface area contributed by atoms with Crippen molar-refractivity contribution in [3.63, 3.8) is 0 Å². The average molecular weight is 394 g/mol. The van der Waals surface area contributed by atoms with Gasteiger partial charge in [0, 0.05) is 30.6 Å². The smallest absolute Gasteiger partial charge is 0.257 e. The van der Waals surface area contributed by atoms with Gasteiger partial charge in [0.25, 0.3) is 11.8 Å². The van der Waals surface area contributed by atoms with E-state index in [1.165, 1.54) is 18.5 Å². The summed E-state index contributed by atoms with van der Waals surface area (Å²) in [6.07, 6.45) is 4.77. The number of amides is 2. The largest absolute Gasteiger partial charge is 0.376 e. The molecule has 0 spiro atoms. The summed E-state index contributed by atoms with van der Waals surface area (Å²) >= 11 is 12.0. The predicted molar refractivity (Wildman–Crippen MR) is 100.0 cm³/mol. The van der Waals surface area contributed by atoms with E-state index in [4.69, 9.17) is 27.9 Å². The zero-order valence-corrected chi connectivity index (χ0v) is 15.3. The molecule has 1 atom stereocenters. The third-order valence-corrected chi connectivity index (χ3v) is 4.52. The zero-order valence-electron chi connectivity index (χ0n) is 13.8. The first kappa shape index (κ1) is 18.6. The first-order chi connectivity index (χ1) is 12.5. The lowest BCUT2D eigenvalue weighted by Gasteiger charge is -2.11. The second kappa shape index (κ2) is 8.49. The Hall–Kier alpha value is -2.15. The summed E-state index contributed by atoms with van der Waals surface area (Å²) in [7, 11) is 0. The van der Waals surface area contributed by atoms with Crippen LogP contribution >= 0.6 is 23.2 Å². The molecule has 1 aromatic heterocycles. The number of carbonyl (C=O) groups is 2. The predicted octanol–water partition coefficient (Wildman–Crippen LogP) is 3.55. The minimum absolute atomic E-state index is 0.0448. The van der Waals surface area contributed by atoms with Crippen LogP contribution in [-0.2, 0) is 4.74 Å². The maximum atomic E-state index is 12.4. The Kier molecular flexibility index (Phi) is 6.08. The van der Waals surface area contributed by atoms with E-state index in [2.05, 4.69) is 15.6 Å². The highest BCUT2D eigenvalue weighted by Gasteiger charge is 2.18. The first-order valence-corrected chi connectivity index (χ1v) is 8.90. The fourth-order valence-corrected chi connectivity index (χ4v) is 2.93. The molecule has 136 valence electrons. The first-order valence-electron chi connectivity index (χ1n) is 8.14. The van der Waals surface area contributed by atoms with Gasteiger partial charge in [0.2, 0.25) is 0 Å². The number of rotatable bonds is 5. The van der Waals surface area contributed by atoms with Gasteiger partial charge in [-0.25, -0.2) is 0 Å². The quantitative estimate of drug-likeness (QED) is 0.813. The molecule has 0 saturated carbocycles. The van der Waals surface area contributed by atoms with Gasteiger partial charge in [0.1, 0.15) is 0 Å². The monoisotopic (exact) mass is 393 g/mol. The van der Waals surface area contributed by atoms with Crippen LogP contribution in [0, 0.1) is 0 Å². The van der Waals surface area contributed by atoms with Crippen LogP contribution in [0.1, 0.15) is 33.6 Å². The molecule has 3 rings (SSSR count). The van der Waals surface area contributed by atoms with Crippen LogP contribution in [0.25, 0.3) is 0 Å². The van der Waals surface area contributed by atoms with E-state index in [1.807, 2.05) is 0 Å². The Morgan fingerprint density at radius 3 is 2.65 bits per heavy atom. The van der Waals surface area contributed by atoms with E-state index in [0.29, 0.717) is 27.8 Å². The van der Waals surface area contributed by atoms with Crippen molar-refractivity contribution in [2.75, 3.05) is 18.5 Å². The maximum Gasteiger partial charge on any atom is 0.257 e. The normalized spacial score (nSPS) is 16.3. The fourth-order valence-electron chi connectivity index (χ4n) is 2.59. The van der Waals surface area contributed by atoms with Crippen LogP contribution in [0.3, 0.4) is 0 Å². The van der Waals surface area contributed by atoms with Crippen molar-refractivity contribution < 1.29 is 14.3 Å². The van der Waals surface area contributed by atoms with Crippen LogP contribution in [0.2, 0.25) is 10.0 Å². The molecule has 2 amide bonds. The average Bonchev–Trinajstić information content (AvgIpc) is 3.16. The number of aromatic nitrogens is 1. The summed E-state index contributed by atoms with van der Waals surface area (Å²) in [5.74, 6) is -0.737. The van der Waals surface area contributed by atoms with Gasteiger partial charge < -0.3 is 15.4 Å². The molecule has 0 radical (unpaired) electrons. The summed E-state index contributed by atoms with van der Waals surface area (Å²) < 4.78 is 5.47. The molecule has 1 aromatic carbocycles. The number of halogens is 2. The molecule has 1 fully saturated rings. The van der Waals surface area contributed by atoms with Gasteiger partial charge in [-0.3, -0.25) is 14.6 Å². The fraction of sp³-hybridized carbons (Fsp3) is 0.278. The molecule has 0 aliphatic carbocycles. The summed E-state index contributed by atoms with van der Waals surface area (Å²) in [5.41, 5.74) is 0.927. The maximum absolute atomic E-state index is 12.4. The van der Waals surface area contributed by atoms with Gasteiger partial charge in [0.15, 0.2) is 0 Å². The summed E-state index contributed by atoms with van der Waals surface area (Å²) in [6, 6.07) is 6.24. The number of nitrogens with zero attached hydrogens (tertiary/aromatic N) is 1. The highest BCUT2D eigenvalue weighted by molar-refractivity contribution is 6.35. The lowest BCUT2D eigenvalue weighted by molar-refractivity contribution is 0.0857. The van der Waals surface area contributed by atoms with Gasteiger partial charge in [-0.2, -0.15) is 0 Å². The standard InChI is InChI=1S/C18H17Cl2N3O3/c19-13-3-4-15(20)16(7-13)23-18(25)12-6-11(8-21-9-12)17(24)22-10-14-2-1-5-26-14/h3-4,6-9,14H,1-2,5,10H2,(H,22,24)(H,23,25). The molecule has 1 unspecified atom stereocenters. The van der Waals surface area contributed by atoms with Crippen molar-refractivity contribution in [3.05, 3.63) is 57.8 Å². The number of hydrogen-bond donors (Lipinski definition) is 2. The third kappa shape index (κ3) is 4.72. The van der Waals surface area contributed by atoms with Crippen LogP contribution in [0.15, 0.2) is 36.7 Å². The van der Waals surface area contributed by atoms with Crippen LogP contribution in [-0.4, -0.2) is 36.1 Å². The van der Waals surface area contributed by atoms with Crippen LogP contribution < -0.4 is 10.6 Å². The molecule has 1 aliphatic rings. The Labute approximate surface area is 160 Å². The molecular weight excluding hydrogens is 377 g/mol. The number of pyridine rings is 1. The van der Waals surface area contributed by atoms with Gasteiger partial charge in [-0.1, -0.05) is 23.2 Å². The van der Waals surface area contributed by atoms with Crippen molar-refractivity contribution in [2.24, 2.45) is 0 Å². The number of benzene rings is 1. The summed E-state index contributed by atoms with van der Waals surface area (Å²) in [5, 5.41) is 6.27. The lowest BCUT2D eigenvalue weighted by atomic mass is 10.1. The number of hydrogen-bond acceptors (Lipinski definition) is 4. The van der Waals surface area contributed by atoms with Crippen molar-refractivity contribution in [1.29, 1.82) is 0 Å². The molecule has 0 bridgehead atoms. The van der Waals surface area contributed by atoms with Gasteiger partial charge in [-0.05, 0) is 37.1 Å². The van der Waals surface area contributed by atoms with Crippen molar-refractivity contribution in [1.82, 2.24) is 10.3 Å². The Morgan fingerprint density at radius 2 is 1.92 bits per heavy atom. The zero-order chi connectivity index (χ0) is 18.5. The van der Waals surface area contributed by atoms with Gasteiger partial charge >= 0.3 is 0 Å². The molecule has 1 aliphatic heterocycles. The van der Waals surface area contributed by atoms with Gasteiger partial charge in [0.05, 0.1) is 27.9 Å². The molecule has 2 aromatic rings. The minimum atomic E-state index is -0.435. The van der Waals surface area contributed by atoms with Crippen molar-refractivity contribution in [3.8, 4) is 0 Å². The topological polar surface area (TPSA) is 80.3 Å². The number of nitrogens with one attached hydrogen (secondary N) is 2. The Morgan fingerprint density at radius 1 is 1.15 bits per heavy atom. The van der Waals surface area contributed by atoms with E-state index >= 15 is 0 Å². The molecule has 8 heteroatoms. The number of ether oxygens (including phenoxy) is 1. The Balaban J connectivity index is 1.66. The molecule has 26 heavy (non-hydrogen) atoms. The van der Waals surface area contributed by atoms with Crippen molar-refractivity contribution >= 4 is 40.7 Å². The summed E-state index contributed by atoms with van der Waals surface area (Å²) in [4.78, 5) is 28.6. The van der Waals surface area contributed by atoms with Crippen LogP contribution in [0.4, 0.5) is 5.69 Å². The molecule has 1 saturated heterocycles. The third-order valence-electron chi connectivity index (χ3n) is 3.95. The van der Waals surface area contributed by atoms with E-state index in [-0.39, 0.29) is 17.6 Å². The number of carbonyl (C=O) groups excluding carboxylic acids is 2. The molecular formula is C18H17Cl2N3O3. The van der Waals surface area contributed by atoms with E-state index in [0.717, 1.165) is 19.4 Å². The second-order valence-electron chi connectivity index (χ2n) is 5.89. The highest BCUT2D eigenvalue weighted by Crippen LogP contribution is 2.25. The van der Waals surface area contributed by atoms with E-state index in [1.54, 1.807) is 18.2 Å². The van der Waals surface area contributed by atoms with Crippen LogP contribution in [0.5, 0.6) is 0 Å². The van der Waals surface area contributed by atoms with E-state index in [9.17, 15) is 9.59 Å². The van der Waals surface area contributed by atoms with E-state index < -0.39 is 5.91 Å². The molecule has 2 N–H and O–H groups in total. The number of anilines is 1. The molecule has 6 nitrogen and oxygen atoms in total. The summed E-state index contributed by atoms with van der Waals surface area (Å²) in [6.45, 7) is 1.16. The lowest BCUT2D eigenvalue weighted by Crippen LogP contribution is -2.32. The minimum Gasteiger partial charge on any atom is -0.376 e.